The lowest BCUT2D eigenvalue weighted by Gasteiger charge is -2.56. The van der Waals surface area contributed by atoms with E-state index in [1.165, 1.54) is 44.1 Å². The molecule has 2 heteroatoms. The van der Waals surface area contributed by atoms with Crippen molar-refractivity contribution in [2.75, 3.05) is 0 Å². The quantitative estimate of drug-likeness (QED) is 0.719. The van der Waals surface area contributed by atoms with E-state index in [2.05, 4.69) is 33.8 Å². The number of rotatable bonds is 3. The van der Waals surface area contributed by atoms with Crippen LogP contribution >= 0.6 is 0 Å². The van der Waals surface area contributed by atoms with Crippen molar-refractivity contribution in [2.24, 2.45) is 40.4 Å². The first-order valence-electron chi connectivity index (χ1n) is 11.3. The summed E-state index contributed by atoms with van der Waals surface area (Å²) in [5.74, 6) is 3.41. The smallest absolute Gasteiger partial charge is 0.162 e. The molecule has 0 aromatic carbocycles. The monoisotopic (exact) mass is 358 g/mol. The Hall–Kier alpha value is -0.630. The van der Waals surface area contributed by atoms with Crippen molar-refractivity contribution in [3.8, 4) is 0 Å². The Balaban J connectivity index is 1.69. The van der Waals surface area contributed by atoms with E-state index in [9.17, 15) is 9.90 Å². The van der Waals surface area contributed by atoms with E-state index in [1.54, 1.807) is 0 Å². The molecule has 0 aliphatic heterocycles. The van der Waals surface area contributed by atoms with E-state index in [-0.39, 0.29) is 16.9 Å². The molecule has 3 saturated carbocycles. The van der Waals surface area contributed by atoms with E-state index in [1.807, 2.05) is 0 Å². The van der Waals surface area contributed by atoms with Gasteiger partial charge >= 0.3 is 0 Å². The van der Waals surface area contributed by atoms with Gasteiger partial charge in [-0.1, -0.05) is 46.1 Å². The van der Waals surface area contributed by atoms with Crippen molar-refractivity contribution in [3.63, 3.8) is 0 Å². The van der Waals surface area contributed by atoms with Crippen molar-refractivity contribution >= 4 is 5.78 Å². The summed E-state index contributed by atoms with van der Waals surface area (Å²) in [7, 11) is 0. The van der Waals surface area contributed by atoms with Crippen LogP contribution in [0.1, 0.15) is 85.5 Å². The Labute approximate surface area is 159 Å². The maximum atomic E-state index is 13.5. The van der Waals surface area contributed by atoms with Gasteiger partial charge in [0.1, 0.15) is 0 Å². The fraction of sp³-hybridized carbons (Fsp3) is 0.875. The SMILES string of the molecule is CCC[C@@H](C)[C@H]1CC[C@H]2[C@@H]3CC[C@@H]4C[C@H](O)CC[C@]4(C)C3=CC(=O)[C@]12C. The van der Waals surface area contributed by atoms with Crippen LogP contribution in [-0.2, 0) is 4.79 Å². The topological polar surface area (TPSA) is 37.3 Å². The first-order valence-corrected chi connectivity index (χ1v) is 11.3. The zero-order valence-electron chi connectivity index (χ0n) is 17.3. The predicted octanol–water partition coefficient (Wildman–Crippen LogP) is 5.54. The first kappa shape index (κ1) is 18.7. The average molecular weight is 359 g/mol. The van der Waals surface area contributed by atoms with Gasteiger partial charge in [-0.15, -0.1) is 0 Å². The number of fused-ring (bicyclic) bond motifs is 5. The van der Waals surface area contributed by atoms with Gasteiger partial charge in [0.05, 0.1) is 6.10 Å². The molecule has 3 fully saturated rings. The van der Waals surface area contributed by atoms with Gasteiger partial charge in [0, 0.05) is 5.41 Å². The van der Waals surface area contributed by atoms with E-state index in [0.717, 1.165) is 19.3 Å². The van der Waals surface area contributed by atoms with Crippen LogP contribution in [0, 0.1) is 40.4 Å². The molecule has 0 amide bonds. The van der Waals surface area contributed by atoms with Crippen LogP contribution in [0.15, 0.2) is 11.6 Å². The summed E-state index contributed by atoms with van der Waals surface area (Å²) in [4.78, 5) is 13.5. The minimum Gasteiger partial charge on any atom is -0.393 e. The fourth-order valence-electron chi connectivity index (χ4n) is 7.89. The third-order valence-electron chi connectivity index (χ3n) is 9.40. The van der Waals surface area contributed by atoms with Crippen LogP contribution in [0.2, 0.25) is 0 Å². The predicted molar refractivity (Wildman–Crippen MR) is 106 cm³/mol. The minimum absolute atomic E-state index is 0.125. The Bertz CT molecular complexity index is 607. The highest BCUT2D eigenvalue weighted by molar-refractivity contribution is 5.97. The number of hydrogen-bond donors (Lipinski definition) is 1. The standard InChI is InChI=1S/C24H38O2/c1-5-6-15(2)19-9-10-20-18-8-7-16-13-17(25)11-12-23(16,3)21(18)14-22(26)24(19,20)4/h14-20,25H,5-13H2,1-4H3/t15-,16-,17-,18+,19-,20+,23+,24-/m1/s1. The maximum Gasteiger partial charge on any atom is 0.162 e. The third-order valence-corrected chi connectivity index (χ3v) is 9.40. The molecule has 26 heavy (non-hydrogen) atoms. The fourth-order valence-corrected chi connectivity index (χ4v) is 7.89. The van der Waals surface area contributed by atoms with Gasteiger partial charge in [-0.25, -0.2) is 0 Å². The zero-order valence-corrected chi connectivity index (χ0v) is 17.3. The maximum absolute atomic E-state index is 13.5. The molecule has 0 radical (unpaired) electrons. The molecule has 4 aliphatic rings. The van der Waals surface area contributed by atoms with E-state index in [0.29, 0.717) is 35.4 Å². The number of aliphatic hydroxyl groups excluding tert-OH is 1. The summed E-state index contributed by atoms with van der Waals surface area (Å²) < 4.78 is 0. The van der Waals surface area contributed by atoms with Crippen molar-refractivity contribution < 1.29 is 9.90 Å². The van der Waals surface area contributed by atoms with Gasteiger partial charge in [0.2, 0.25) is 0 Å². The van der Waals surface area contributed by atoms with Crippen LogP contribution in [0.4, 0.5) is 0 Å². The van der Waals surface area contributed by atoms with Crippen molar-refractivity contribution in [3.05, 3.63) is 11.6 Å². The lowest BCUT2D eigenvalue weighted by molar-refractivity contribution is -0.132. The van der Waals surface area contributed by atoms with Crippen LogP contribution in [0.25, 0.3) is 0 Å². The van der Waals surface area contributed by atoms with E-state index >= 15 is 0 Å². The van der Waals surface area contributed by atoms with Gasteiger partial charge in [-0.3, -0.25) is 4.79 Å². The molecular weight excluding hydrogens is 320 g/mol. The van der Waals surface area contributed by atoms with Crippen LogP contribution in [0.3, 0.4) is 0 Å². The molecule has 4 aliphatic carbocycles. The highest BCUT2D eigenvalue weighted by atomic mass is 16.3. The minimum atomic E-state index is -0.125. The van der Waals surface area contributed by atoms with E-state index in [4.69, 9.17) is 0 Å². The number of ketones is 1. The number of hydrogen-bond acceptors (Lipinski definition) is 2. The van der Waals surface area contributed by atoms with Gasteiger partial charge in [-0.05, 0) is 86.0 Å². The summed E-state index contributed by atoms with van der Waals surface area (Å²) in [6, 6.07) is 0. The second-order valence-corrected chi connectivity index (χ2v) is 10.5. The van der Waals surface area contributed by atoms with Gasteiger partial charge in [0.15, 0.2) is 5.78 Å². The molecule has 0 saturated heterocycles. The number of allylic oxidation sites excluding steroid dienone is 2. The molecule has 0 unspecified atom stereocenters. The van der Waals surface area contributed by atoms with Crippen LogP contribution in [-0.4, -0.2) is 17.0 Å². The van der Waals surface area contributed by atoms with Gasteiger partial charge < -0.3 is 5.11 Å². The third kappa shape index (κ3) is 2.50. The molecule has 0 aromatic heterocycles. The molecule has 8 atom stereocenters. The highest BCUT2D eigenvalue weighted by Crippen LogP contribution is 2.65. The summed E-state index contributed by atoms with van der Waals surface area (Å²) in [6.07, 6.45) is 12.3. The molecular formula is C24H38O2. The molecule has 0 bridgehead atoms. The summed E-state index contributed by atoms with van der Waals surface area (Å²) in [5.41, 5.74) is 1.52. The summed E-state index contributed by atoms with van der Waals surface area (Å²) in [6.45, 7) is 9.38. The summed E-state index contributed by atoms with van der Waals surface area (Å²) in [5, 5.41) is 10.2. The molecule has 146 valence electrons. The lowest BCUT2D eigenvalue weighted by atomic mass is 9.48. The number of aliphatic hydroxyl groups is 1. The molecule has 0 aromatic rings. The van der Waals surface area contributed by atoms with Crippen molar-refractivity contribution in [1.82, 2.24) is 0 Å². The lowest BCUT2D eigenvalue weighted by Crippen LogP contribution is -2.52. The van der Waals surface area contributed by atoms with Crippen molar-refractivity contribution in [2.45, 2.75) is 91.6 Å². The molecule has 4 rings (SSSR count). The molecule has 0 spiro atoms. The van der Waals surface area contributed by atoms with Crippen LogP contribution in [0.5, 0.6) is 0 Å². The highest BCUT2D eigenvalue weighted by Gasteiger charge is 2.60. The Morgan fingerprint density at radius 3 is 2.69 bits per heavy atom. The first-order chi connectivity index (χ1) is 12.3. The second kappa shape index (κ2) is 6.47. The van der Waals surface area contributed by atoms with E-state index < -0.39 is 0 Å². The second-order valence-electron chi connectivity index (χ2n) is 10.5. The number of carbonyl (C=O) groups is 1. The van der Waals surface area contributed by atoms with Gasteiger partial charge in [0.25, 0.3) is 0 Å². The Morgan fingerprint density at radius 2 is 1.96 bits per heavy atom. The molecule has 0 heterocycles. The molecule has 1 N–H and O–H groups in total. The summed E-state index contributed by atoms with van der Waals surface area (Å²) >= 11 is 0. The van der Waals surface area contributed by atoms with Crippen LogP contribution < -0.4 is 0 Å². The van der Waals surface area contributed by atoms with Crippen molar-refractivity contribution in [1.29, 1.82) is 0 Å². The molecule has 2 nitrogen and oxygen atoms in total. The Morgan fingerprint density at radius 1 is 1.19 bits per heavy atom. The normalized spacial score (nSPS) is 49.0. The average Bonchev–Trinajstić information content (AvgIpc) is 2.96. The van der Waals surface area contributed by atoms with Gasteiger partial charge in [-0.2, -0.15) is 0 Å². The number of carbonyl (C=O) groups excluding carboxylic acids is 1. The Kier molecular flexibility index (Phi) is 4.66. The largest absolute Gasteiger partial charge is 0.393 e. The zero-order chi connectivity index (χ0) is 18.7.